The molecule has 5 N–H and O–H groups in total. The lowest BCUT2D eigenvalue weighted by atomic mass is 10.3. The molecule has 1 aromatic rings. The van der Waals surface area contributed by atoms with E-state index >= 15 is 0 Å². The van der Waals surface area contributed by atoms with Crippen LogP contribution in [0.3, 0.4) is 0 Å². The summed E-state index contributed by atoms with van der Waals surface area (Å²) in [5, 5.41) is 5.06. The number of nitrogens with two attached hydrogens (primary N) is 2. The Hall–Kier alpha value is -0.490. The summed E-state index contributed by atoms with van der Waals surface area (Å²) in [6, 6.07) is 6.11. The summed E-state index contributed by atoms with van der Waals surface area (Å²) >= 11 is 0. The molecule has 13 heavy (non-hydrogen) atoms. The van der Waals surface area contributed by atoms with Crippen molar-refractivity contribution in [2.75, 3.05) is 5.73 Å². The fraction of sp³-hybridized carbons (Fsp3) is 0. The van der Waals surface area contributed by atoms with E-state index in [0.717, 1.165) is 0 Å². The minimum absolute atomic E-state index is 0. The lowest BCUT2D eigenvalue weighted by Crippen LogP contribution is -2.09. The zero-order chi connectivity index (χ0) is 8.48. The molecule has 0 saturated heterocycles. The Morgan fingerprint density at radius 3 is 1.85 bits per heavy atom. The molecule has 0 saturated carbocycles. The highest BCUT2D eigenvalue weighted by Gasteiger charge is 2.00. The third kappa shape index (κ3) is 4.33. The van der Waals surface area contributed by atoms with E-state index in [2.05, 4.69) is 0 Å². The summed E-state index contributed by atoms with van der Waals surface area (Å²) in [5.41, 5.74) is 5.94. The van der Waals surface area contributed by atoms with E-state index in [-0.39, 0.29) is 24.8 Å². The minimum atomic E-state index is -3.08. The molecule has 0 radical (unpaired) electrons. The Morgan fingerprint density at radius 1 is 1.15 bits per heavy atom. The summed E-state index contributed by atoms with van der Waals surface area (Å²) < 4.78 is 17.9. The van der Waals surface area contributed by atoms with Gasteiger partial charge < -0.3 is 5.73 Å². The molecule has 0 aliphatic rings. The van der Waals surface area contributed by atoms with Gasteiger partial charge in [-0.3, -0.25) is 0 Å². The van der Waals surface area contributed by atoms with Crippen molar-refractivity contribution in [1.82, 2.24) is 0 Å². The van der Waals surface area contributed by atoms with Crippen LogP contribution in [0.25, 0.3) is 0 Å². The van der Waals surface area contributed by atoms with Crippen molar-refractivity contribution in [2.45, 2.75) is 4.90 Å². The fourth-order valence-corrected chi connectivity index (χ4v) is 1.21. The molecule has 1 atom stereocenters. The van der Waals surface area contributed by atoms with Crippen molar-refractivity contribution in [2.24, 2.45) is 5.14 Å². The first-order valence-electron chi connectivity index (χ1n) is 2.92. The molecule has 0 aromatic heterocycles. The van der Waals surface area contributed by atoms with Gasteiger partial charge in [0.1, 0.15) is 9.92 Å². The van der Waals surface area contributed by atoms with E-state index < -0.39 is 9.92 Å². The largest absolute Gasteiger partial charge is 0.399 e. The number of halogens is 2. The van der Waals surface area contributed by atoms with Crippen molar-refractivity contribution in [3.63, 3.8) is 0 Å². The maximum Gasteiger partial charge on any atom is 0.132 e. The maximum absolute atomic E-state index is 10.9. The molecule has 0 aliphatic heterocycles. The first kappa shape index (κ1) is 15.0. The maximum atomic E-state index is 10.9. The number of rotatable bonds is 1. The summed E-state index contributed by atoms with van der Waals surface area (Å²) in [6.45, 7) is 0. The van der Waals surface area contributed by atoms with Gasteiger partial charge in [-0.25, -0.2) is 14.1 Å². The standard InChI is InChI=1S/C6H9N3OS.2ClH/c7-5-1-3-6(4-2-5)11(8,9)10;;/h1-4H,7H2,(H3,8,9,10);2*1H. The number of hydrogen-bond acceptors (Lipinski definition) is 3. The van der Waals surface area contributed by atoms with Crippen LogP contribution in [0.4, 0.5) is 5.69 Å². The molecule has 1 rings (SSSR count). The van der Waals surface area contributed by atoms with Crippen molar-refractivity contribution < 1.29 is 4.21 Å². The van der Waals surface area contributed by atoms with Gasteiger partial charge in [-0.05, 0) is 24.3 Å². The van der Waals surface area contributed by atoms with Crippen molar-refractivity contribution in [1.29, 1.82) is 4.78 Å². The second kappa shape index (κ2) is 5.29. The molecule has 0 amide bonds. The monoisotopic (exact) mass is 243 g/mol. The van der Waals surface area contributed by atoms with E-state index in [1.54, 1.807) is 12.1 Å². The Morgan fingerprint density at radius 2 is 1.54 bits per heavy atom. The van der Waals surface area contributed by atoms with Gasteiger partial charge in [0, 0.05) is 5.69 Å². The van der Waals surface area contributed by atoms with Gasteiger partial charge in [0.25, 0.3) is 0 Å². The number of nitrogens with one attached hydrogen (secondary N) is 1. The summed E-state index contributed by atoms with van der Waals surface area (Å²) in [6.07, 6.45) is 0. The van der Waals surface area contributed by atoms with Crippen molar-refractivity contribution in [3.05, 3.63) is 24.3 Å². The molecule has 76 valence electrons. The molecule has 1 unspecified atom stereocenters. The van der Waals surface area contributed by atoms with Crippen LogP contribution in [0.1, 0.15) is 0 Å². The highest BCUT2D eigenvalue weighted by atomic mass is 35.5. The Balaban J connectivity index is 0. The quantitative estimate of drug-likeness (QED) is 0.651. The minimum Gasteiger partial charge on any atom is -0.399 e. The first-order chi connectivity index (χ1) is 5.00. The van der Waals surface area contributed by atoms with Crippen molar-refractivity contribution >= 4 is 40.4 Å². The molecule has 0 bridgehead atoms. The fourth-order valence-electron chi connectivity index (χ4n) is 0.670. The van der Waals surface area contributed by atoms with Crippen LogP contribution in [0.15, 0.2) is 29.2 Å². The lowest BCUT2D eigenvalue weighted by Gasteiger charge is -1.99. The van der Waals surface area contributed by atoms with E-state index in [1.165, 1.54) is 12.1 Å². The molecule has 0 fully saturated rings. The van der Waals surface area contributed by atoms with Crippen LogP contribution in [0, 0.1) is 4.78 Å². The topological polar surface area (TPSA) is 93.0 Å². The van der Waals surface area contributed by atoms with Crippen LogP contribution in [0.2, 0.25) is 0 Å². The summed E-state index contributed by atoms with van der Waals surface area (Å²) in [7, 11) is -3.08. The Kier molecular flexibility index (Phi) is 6.10. The van der Waals surface area contributed by atoms with E-state index in [4.69, 9.17) is 15.7 Å². The molecule has 0 heterocycles. The third-order valence-electron chi connectivity index (χ3n) is 1.23. The predicted molar refractivity (Wildman–Crippen MR) is 58.7 cm³/mol. The molecule has 0 spiro atoms. The van der Waals surface area contributed by atoms with Gasteiger partial charge in [0.2, 0.25) is 0 Å². The second-order valence-corrected chi connectivity index (χ2v) is 3.84. The smallest absolute Gasteiger partial charge is 0.132 e. The van der Waals surface area contributed by atoms with E-state index in [0.29, 0.717) is 10.6 Å². The van der Waals surface area contributed by atoms with Crippen LogP contribution in [0.5, 0.6) is 0 Å². The number of anilines is 1. The van der Waals surface area contributed by atoms with Gasteiger partial charge >= 0.3 is 0 Å². The molecular formula is C6H11Cl2N3OS. The first-order valence-corrected chi connectivity index (χ1v) is 4.54. The lowest BCUT2D eigenvalue weighted by molar-refractivity contribution is 0.676. The van der Waals surface area contributed by atoms with Crippen LogP contribution in [-0.4, -0.2) is 4.21 Å². The van der Waals surface area contributed by atoms with Crippen LogP contribution >= 0.6 is 24.8 Å². The van der Waals surface area contributed by atoms with E-state index in [9.17, 15) is 4.21 Å². The van der Waals surface area contributed by atoms with Gasteiger partial charge in [-0.1, -0.05) is 0 Å². The predicted octanol–water partition coefficient (Wildman–Crippen LogP) is 1.39. The molecule has 4 nitrogen and oxygen atoms in total. The third-order valence-corrected chi connectivity index (χ3v) is 2.20. The number of hydrogen-bond donors (Lipinski definition) is 3. The van der Waals surface area contributed by atoms with Crippen LogP contribution < -0.4 is 10.9 Å². The normalized spacial score (nSPS) is 13.3. The van der Waals surface area contributed by atoms with E-state index in [1.807, 2.05) is 0 Å². The van der Waals surface area contributed by atoms with Gasteiger partial charge in [0.15, 0.2) is 0 Å². The highest BCUT2D eigenvalue weighted by molar-refractivity contribution is 7.90. The van der Waals surface area contributed by atoms with Gasteiger partial charge in [-0.2, -0.15) is 0 Å². The zero-order valence-corrected chi connectivity index (χ0v) is 9.05. The molecular weight excluding hydrogens is 233 g/mol. The highest BCUT2D eigenvalue weighted by Crippen LogP contribution is 2.09. The molecule has 7 heteroatoms. The number of benzene rings is 1. The summed E-state index contributed by atoms with van der Waals surface area (Å²) in [5.74, 6) is 0. The average molecular weight is 244 g/mol. The summed E-state index contributed by atoms with van der Waals surface area (Å²) in [4.78, 5) is 0.298. The second-order valence-electron chi connectivity index (χ2n) is 2.17. The molecule has 0 aliphatic carbocycles. The van der Waals surface area contributed by atoms with Gasteiger partial charge in [0.05, 0.1) is 4.90 Å². The SMILES string of the molecule is Cl.Cl.N=S(N)(=O)c1ccc(N)cc1. The van der Waals surface area contributed by atoms with Crippen molar-refractivity contribution in [3.8, 4) is 0 Å². The van der Waals surface area contributed by atoms with Crippen LogP contribution in [-0.2, 0) is 9.92 Å². The molecule has 1 aromatic carbocycles. The average Bonchev–Trinajstić information content (AvgIpc) is 1.86. The van der Waals surface area contributed by atoms with Gasteiger partial charge in [-0.15, -0.1) is 24.8 Å². The Labute approximate surface area is 89.6 Å². The number of nitrogen functional groups attached to an aromatic ring is 1. The zero-order valence-electron chi connectivity index (χ0n) is 6.60. The Bertz CT molecular complexity index is 349.